The van der Waals surface area contributed by atoms with Gasteiger partial charge in [0.1, 0.15) is 5.75 Å². The van der Waals surface area contributed by atoms with Gasteiger partial charge in [0.05, 0.1) is 5.69 Å². The number of aliphatic imine (C=N–C) groups is 1. The van der Waals surface area contributed by atoms with E-state index in [9.17, 15) is 0 Å². The second kappa shape index (κ2) is 9.79. The van der Waals surface area contributed by atoms with Crippen molar-refractivity contribution in [3.63, 3.8) is 0 Å². The van der Waals surface area contributed by atoms with Crippen LogP contribution in [-0.4, -0.2) is 5.90 Å². The largest absolute Gasteiger partial charge is 0.439 e. The third-order valence-electron chi connectivity index (χ3n) is 3.92. The van der Waals surface area contributed by atoms with Gasteiger partial charge in [-0.2, -0.15) is 0 Å². The molecule has 0 radical (unpaired) electrons. The normalized spacial score (nSPS) is 11.9. The maximum absolute atomic E-state index is 5.98. The van der Waals surface area contributed by atoms with Crippen LogP contribution in [-0.2, 0) is 0 Å². The van der Waals surface area contributed by atoms with E-state index < -0.39 is 0 Å². The molecular formula is C24H23NOS. The van der Waals surface area contributed by atoms with Crippen LogP contribution in [0, 0.1) is 0 Å². The van der Waals surface area contributed by atoms with Crippen molar-refractivity contribution in [3.05, 3.63) is 102 Å². The zero-order valence-electron chi connectivity index (χ0n) is 15.6. The van der Waals surface area contributed by atoms with E-state index in [1.54, 1.807) is 11.8 Å². The number of benzene rings is 3. The highest BCUT2D eigenvalue weighted by Gasteiger charge is 2.02. The molecule has 0 aromatic heterocycles. The summed E-state index contributed by atoms with van der Waals surface area (Å²) in [5, 5.41) is 2.00. The van der Waals surface area contributed by atoms with Crippen molar-refractivity contribution in [2.45, 2.75) is 24.7 Å². The topological polar surface area (TPSA) is 21.6 Å². The minimum absolute atomic E-state index is 0.505. The van der Waals surface area contributed by atoms with Crippen molar-refractivity contribution in [1.82, 2.24) is 0 Å². The maximum atomic E-state index is 5.98. The number of hydrogen-bond acceptors (Lipinski definition) is 3. The van der Waals surface area contributed by atoms with Crippen LogP contribution in [0.2, 0.25) is 0 Å². The summed E-state index contributed by atoms with van der Waals surface area (Å²) in [5.41, 5.74) is 2.18. The predicted molar refractivity (Wildman–Crippen MR) is 116 cm³/mol. The lowest BCUT2D eigenvalue weighted by molar-refractivity contribution is 0.556. The van der Waals surface area contributed by atoms with Gasteiger partial charge in [0.15, 0.2) is 0 Å². The summed E-state index contributed by atoms with van der Waals surface area (Å²) < 4.78 is 5.98. The first-order chi connectivity index (χ1) is 13.2. The van der Waals surface area contributed by atoms with E-state index in [2.05, 4.69) is 43.1 Å². The molecule has 0 spiro atoms. The second-order valence-electron chi connectivity index (χ2n) is 6.35. The van der Waals surface area contributed by atoms with E-state index >= 15 is 0 Å². The van der Waals surface area contributed by atoms with Gasteiger partial charge in [-0.3, -0.25) is 0 Å². The number of para-hydroxylation sites is 1. The minimum atomic E-state index is 0.505. The summed E-state index contributed by atoms with van der Waals surface area (Å²) in [5.74, 6) is 1.83. The summed E-state index contributed by atoms with van der Waals surface area (Å²) in [6.45, 7) is 4.37. The highest BCUT2D eigenvalue weighted by atomic mass is 32.2. The zero-order valence-corrected chi connectivity index (χ0v) is 16.4. The Morgan fingerprint density at radius 1 is 0.852 bits per heavy atom. The molecule has 0 N–H and O–H groups in total. The molecule has 0 aliphatic heterocycles. The molecule has 0 amide bonds. The van der Waals surface area contributed by atoms with E-state index in [1.165, 1.54) is 10.5 Å². The second-order valence-corrected chi connectivity index (χ2v) is 7.32. The van der Waals surface area contributed by atoms with Gasteiger partial charge in [0.25, 0.3) is 0 Å². The van der Waals surface area contributed by atoms with Crippen LogP contribution in [0.1, 0.15) is 25.3 Å². The van der Waals surface area contributed by atoms with Gasteiger partial charge in [-0.25, -0.2) is 4.99 Å². The smallest absolute Gasteiger partial charge is 0.220 e. The van der Waals surface area contributed by atoms with Crippen molar-refractivity contribution < 1.29 is 4.74 Å². The molecule has 0 fully saturated rings. The highest BCUT2D eigenvalue weighted by Crippen LogP contribution is 2.22. The molecule has 3 heteroatoms. The molecule has 27 heavy (non-hydrogen) atoms. The van der Waals surface area contributed by atoms with E-state index in [1.807, 2.05) is 72.1 Å². The summed E-state index contributed by atoms with van der Waals surface area (Å²) in [6, 6.07) is 28.2. The molecule has 0 heterocycles. The average Bonchev–Trinajstić information content (AvgIpc) is 2.70. The number of nitrogens with zero attached hydrogens (tertiary/aromatic N) is 1. The Hall–Kier alpha value is -2.78. The predicted octanol–water partition coefficient (Wildman–Crippen LogP) is 7.23. The summed E-state index contributed by atoms with van der Waals surface area (Å²) in [7, 11) is 0. The molecule has 0 bridgehead atoms. The fourth-order valence-electron chi connectivity index (χ4n) is 2.43. The minimum Gasteiger partial charge on any atom is -0.439 e. The lowest BCUT2D eigenvalue weighted by Crippen LogP contribution is -2.04. The van der Waals surface area contributed by atoms with E-state index in [0.29, 0.717) is 11.8 Å². The number of rotatable bonds is 6. The maximum Gasteiger partial charge on any atom is 0.220 e. The molecule has 0 aliphatic rings. The van der Waals surface area contributed by atoms with Crippen molar-refractivity contribution in [2.75, 3.05) is 0 Å². The Bertz CT molecular complexity index is 885. The Morgan fingerprint density at radius 2 is 1.48 bits per heavy atom. The first-order valence-electron chi connectivity index (χ1n) is 9.00. The van der Waals surface area contributed by atoms with Gasteiger partial charge in [-0.15, -0.1) is 0 Å². The van der Waals surface area contributed by atoms with Crippen LogP contribution in [0.5, 0.6) is 5.75 Å². The molecule has 0 aliphatic carbocycles. The molecule has 0 unspecified atom stereocenters. The van der Waals surface area contributed by atoms with Gasteiger partial charge >= 0.3 is 0 Å². The van der Waals surface area contributed by atoms with E-state index in [4.69, 9.17) is 4.74 Å². The van der Waals surface area contributed by atoms with Crippen LogP contribution >= 0.6 is 11.8 Å². The Balaban J connectivity index is 1.80. The molecule has 3 rings (SSSR count). The monoisotopic (exact) mass is 373 g/mol. The Kier molecular flexibility index (Phi) is 6.89. The van der Waals surface area contributed by atoms with Gasteiger partial charge in [-0.1, -0.05) is 74.1 Å². The van der Waals surface area contributed by atoms with Crippen molar-refractivity contribution in [1.29, 1.82) is 0 Å². The molecule has 136 valence electrons. The molecule has 0 saturated carbocycles. The number of ether oxygens (including phenoxy) is 1. The Labute approximate surface area is 165 Å². The average molecular weight is 374 g/mol. The zero-order chi connectivity index (χ0) is 18.9. The fraction of sp³-hybridized carbons (Fsp3) is 0.125. The first-order valence-corrected chi connectivity index (χ1v) is 9.88. The van der Waals surface area contributed by atoms with Gasteiger partial charge in [0.2, 0.25) is 5.90 Å². The van der Waals surface area contributed by atoms with Crippen molar-refractivity contribution in [2.24, 2.45) is 4.99 Å². The lowest BCUT2D eigenvalue weighted by atomic mass is 10.0. The van der Waals surface area contributed by atoms with Crippen molar-refractivity contribution in [3.8, 4) is 5.75 Å². The van der Waals surface area contributed by atoms with Crippen LogP contribution in [0.15, 0.2) is 106 Å². The third kappa shape index (κ3) is 6.15. The number of thioether (sulfide) groups is 1. The van der Waals surface area contributed by atoms with E-state index in [-0.39, 0.29) is 0 Å². The third-order valence-corrected chi connectivity index (χ3v) is 4.74. The Morgan fingerprint density at radius 3 is 2.11 bits per heavy atom. The molecular weight excluding hydrogens is 350 g/mol. The summed E-state index contributed by atoms with van der Waals surface area (Å²) in [4.78, 5) is 5.85. The van der Waals surface area contributed by atoms with Gasteiger partial charge in [-0.05, 0) is 53.3 Å². The lowest BCUT2D eigenvalue weighted by Gasteiger charge is -2.07. The number of hydrogen-bond donors (Lipinski definition) is 0. The highest BCUT2D eigenvalue weighted by molar-refractivity contribution is 8.02. The molecule has 0 saturated heterocycles. The summed E-state index contributed by atoms with van der Waals surface area (Å²) >= 11 is 1.63. The quantitative estimate of drug-likeness (QED) is 0.258. The van der Waals surface area contributed by atoms with Crippen LogP contribution in [0.25, 0.3) is 0 Å². The van der Waals surface area contributed by atoms with E-state index in [0.717, 1.165) is 11.4 Å². The van der Waals surface area contributed by atoms with Crippen molar-refractivity contribution >= 4 is 23.3 Å². The van der Waals surface area contributed by atoms with Gasteiger partial charge < -0.3 is 4.74 Å². The molecule has 3 aromatic carbocycles. The molecule has 0 atom stereocenters. The summed E-state index contributed by atoms with van der Waals surface area (Å²) in [6.07, 6.45) is 1.90. The van der Waals surface area contributed by atoms with Crippen LogP contribution in [0.3, 0.4) is 0 Å². The van der Waals surface area contributed by atoms with Crippen LogP contribution < -0.4 is 4.74 Å². The first kappa shape index (κ1) is 19.0. The van der Waals surface area contributed by atoms with Gasteiger partial charge in [0, 0.05) is 11.0 Å². The SMILES string of the molecule is CC(C)c1ccc(N=C(C=CSc2ccccc2)Oc2ccccc2)cc1. The fourth-order valence-corrected chi connectivity index (χ4v) is 3.09. The molecule has 3 aromatic rings. The molecule has 2 nitrogen and oxygen atoms in total. The standard InChI is InChI=1S/C24H23NOS/c1-19(2)20-13-15-21(16-14-20)25-24(26-22-9-5-3-6-10-22)17-18-27-23-11-7-4-8-12-23/h3-19H,1-2H3. The van der Waals surface area contributed by atoms with Crippen LogP contribution in [0.4, 0.5) is 5.69 Å².